The molecule has 0 saturated heterocycles. The number of carbonyl (C=O) groups is 3. The zero-order chi connectivity index (χ0) is 24.7. The van der Waals surface area contributed by atoms with E-state index in [1.807, 2.05) is 20.8 Å². The highest BCUT2D eigenvalue weighted by atomic mass is 16.3. The SMILES string of the molecule is CC(C)(C)C(=O)Nc1ccc(C(=O)NCCNC(=O)Cn2cnc(-c3ccco3)cc2=O)cc1. The van der Waals surface area contributed by atoms with E-state index >= 15 is 0 Å². The minimum Gasteiger partial charge on any atom is -0.463 e. The quantitative estimate of drug-likeness (QED) is 0.436. The number of anilines is 1. The molecule has 0 fully saturated rings. The molecular weight excluding hydrogens is 438 g/mol. The van der Waals surface area contributed by atoms with Gasteiger partial charge in [0.1, 0.15) is 12.2 Å². The molecule has 0 spiro atoms. The van der Waals surface area contributed by atoms with E-state index in [0.717, 1.165) is 0 Å². The highest BCUT2D eigenvalue weighted by Gasteiger charge is 2.21. The van der Waals surface area contributed by atoms with Gasteiger partial charge < -0.3 is 20.4 Å². The average Bonchev–Trinajstić information content (AvgIpc) is 3.33. The standard InChI is InChI=1S/C24H27N5O5/c1-24(2,3)23(33)28-17-8-6-16(7-9-17)22(32)26-11-10-25-20(30)14-29-15-27-18(13-21(29)31)19-5-4-12-34-19/h4-9,12-13,15H,10-11,14H2,1-3H3,(H,25,30)(H,26,32)(H,28,33). The van der Waals surface area contributed by atoms with Gasteiger partial charge in [0.25, 0.3) is 11.5 Å². The van der Waals surface area contributed by atoms with E-state index in [2.05, 4.69) is 20.9 Å². The van der Waals surface area contributed by atoms with Gasteiger partial charge in [0.15, 0.2) is 5.76 Å². The van der Waals surface area contributed by atoms with E-state index in [1.165, 1.54) is 23.2 Å². The zero-order valence-corrected chi connectivity index (χ0v) is 19.3. The fourth-order valence-corrected chi connectivity index (χ4v) is 2.82. The molecule has 10 nitrogen and oxygen atoms in total. The summed E-state index contributed by atoms with van der Waals surface area (Å²) >= 11 is 0. The first-order chi connectivity index (χ1) is 16.1. The topological polar surface area (TPSA) is 135 Å². The first-order valence-electron chi connectivity index (χ1n) is 10.7. The number of benzene rings is 1. The summed E-state index contributed by atoms with van der Waals surface area (Å²) in [6, 6.07) is 11.2. The van der Waals surface area contributed by atoms with Gasteiger partial charge in [-0.3, -0.25) is 23.7 Å². The lowest BCUT2D eigenvalue weighted by atomic mass is 9.95. The molecule has 0 radical (unpaired) electrons. The molecule has 0 bridgehead atoms. The van der Waals surface area contributed by atoms with Crippen LogP contribution in [0.15, 0.2) is 64.3 Å². The first-order valence-corrected chi connectivity index (χ1v) is 10.7. The Kier molecular flexibility index (Phi) is 7.62. The molecule has 0 unspecified atom stereocenters. The van der Waals surface area contributed by atoms with Crippen LogP contribution >= 0.6 is 0 Å². The van der Waals surface area contributed by atoms with Gasteiger partial charge in [-0.25, -0.2) is 4.98 Å². The molecule has 178 valence electrons. The molecule has 3 rings (SSSR count). The van der Waals surface area contributed by atoms with Crippen LogP contribution in [0.4, 0.5) is 5.69 Å². The minimum atomic E-state index is -0.520. The van der Waals surface area contributed by atoms with Gasteiger partial charge in [0.2, 0.25) is 11.8 Å². The van der Waals surface area contributed by atoms with Crippen molar-refractivity contribution < 1.29 is 18.8 Å². The zero-order valence-electron chi connectivity index (χ0n) is 19.3. The van der Waals surface area contributed by atoms with Gasteiger partial charge in [-0.2, -0.15) is 0 Å². The normalized spacial score (nSPS) is 11.0. The van der Waals surface area contributed by atoms with Crippen molar-refractivity contribution >= 4 is 23.4 Å². The molecule has 3 aromatic rings. The summed E-state index contributed by atoms with van der Waals surface area (Å²) in [6.45, 7) is 5.65. The fourth-order valence-electron chi connectivity index (χ4n) is 2.82. The molecular formula is C24H27N5O5. The monoisotopic (exact) mass is 465 g/mol. The molecule has 2 aromatic heterocycles. The van der Waals surface area contributed by atoms with E-state index in [9.17, 15) is 19.2 Å². The largest absolute Gasteiger partial charge is 0.463 e. The summed E-state index contributed by atoms with van der Waals surface area (Å²) in [5.41, 5.74) is 0.514. The second-order valence-electron chi connectivity index (χ2n) is 8.60. The lowest BCUT2D eigenvalue weighted by Gasteiger charge is -2.17. The van der Waals surface area contributed by atoms with Crippen LogP contribution in [0.1, 0.15) is 31.1 Å². The Morgan fingerprint density at radius 2 is 1.74 bits per heavy atom. The minimum absolute atomic E-state index is 0.119. The Morgan fingerprint density at radius 3 is 2.35 bits per heavy atom. The lowest BCUT2D eigenvalue weighted by molar-refractivity contribution is -0.123. The van der Waals surface area contributed by atoms with E-state index in [1.54, 1.807) is 36.4 Å². The third kappa shape index (κ3) is 6.64. The van der Waals surface area contributed by atoms with Crippen LogP contribution in [0.3, 0.4) is 0 Å². The Bertz CT molecular complexity index is 1210. The van der Waals surface area contributed by atoms with Crippen molar-refractivity contribution in [1.29, 1.82) is 0 Å². The Hall–Kier alpha value is -4.21. The molecule has 0 saturated carbocycles. The predicted molar refractivity (Wildman–Crippen MR) is 126 cm³/mol. The third-order valence-corrected chi connectivity index (χ3v) is 4.79. The number of nitrogens with one attached hydrogen (secondary N) is 3. The molecule has 1 aromatic carbocycles. The average molecular weight is 466 g/mol. The molecule has 10 heteroatoms. The van der Waals surface area contributed by atoms with Crippen molar-refractivity contribution in [1.82, 2.24) is 20.2 Å². The number of furan rings is 1. The molecule has 0 atom stereocenters. The molecule has 2 heterocycles. The summed E-state index contributed by atoms with van der Waals surface area (Å²) in [4.78, 5) is 52.8. The molecule has 3 amide bonds. The number of nitrogens with zero attached hydrogens (tertiary/aromatic N) is 2. The van der Waals surface area contributed by atoms with Crippen molar-refractivity contribution in [3.05, 3.63) is 71.0 Å². The van der Waals surface area contributed by atoms with E-state index in [4.69, 9.17) is 4.42 Å². The first kappa shape index (κ1) is 24.4. The predicted octanol–water partition coefficient (Wildman–Crippen LogP) is 2.03. The summed E-state index contributed by atoms with van der Waals surface area (Å²) in [7, 11) is 0. The van der Waals surface area contributed by atoms with Gasteiger partial charge in [-0.05, 0) is 36.4 Å². The second kappa shape index (κ2) is 10.6. The van der Waals surface area contributed by atoms with Crippen LogP contribution in [0, 0.1) is 5.41 Å². The number of hydrogen-bond acceptors (Lipinski definition) is 6. The van der Waals surface area contributed by atoms with Crippen molar-refractivity contribution in [2.45, 2.75) is 27.3 Å². The van der Waals surface area contributed by atoms with Crippen molar-refractivity contribution in [2.24, 2.45) is 5.41 Å². The second-order valence-corrected chi connectivity index (χ2v) is 8.60. The van der Waals surface area contributed by atoms with Crippen molar-refractivity contribution in [2.75, 3.05) is 18.4 Å². The molecule has 0 aliphatic heterocycles. The number of amides is 3. The van der Waals surface area contributed by atoms with E-state index in [-0.39, 0.29) is 42.9 Å². The maximum atomic E-state index is 12.3. The van der Waals surface area contributed by atoms with E-state index in [0.29, 0.717) is 22.7 Å². The third-order valence-electron chi connectivity index (χ3n) is 4.79. The summed E-state index contributed by atoms with van der Waals surface area (Å²) in [6.07, 6.45) is 2.77. The molecule has 0 aliphatic rings. The van der Waals surface area contributed by atoms with Crippen LogP contribution in [-0.2, 0) is 16.1 Å². The van der Waals surface area contributed by atoms with Crippen LogP contribution in [-0.4, -0.2) is 40.4 Å². The Balaban J connectivity index is 1.42. The number of hydrogen-bond donors (Lipinski definition) is 3. The van der Waals surface area contributed by atoms with Crippen molar-refractivity contribution in [3.8, 4) is 11.5 Å². The molecule has 0 aliphatic carbocycles. The lowest BCUT2D eigenvalue weighted by Crippen LogP contribution is -2.37. The highest BCUT2D eigenvalue weighted by molar-refractivity contribution is 5.97. The Labute approximate surface area is 196 Å². The van der Waals surface area contributed by atoms with Crippen LogP contribution in [0.2, 0.25) is 0 Å². The van der Waals surface area contributed by atoms with Crippen LogP contribution in [0.25, 0.3) is 11.5 Å². The fraction of sp³-hybridized carbons (Fsp3) is 0.292. The van der Waals surface area contributed by atoms with Gasteiger partial charge in [0, 0.05) is 35.8 Å². The van der Waals surface area contributed by atoms with Crippen LogP contribution < -0.4 is 21.5 Å². The highest BCUT2D eigenvalue weighted by Crippen LogP contribution is 2.18. The molecule has 34 heavy (non-hydrogen) atoms. The van der Waals surface area contributed by atoms with E-state index < -0.39 is 5.41 Å². The summed E-state index contributed by atoms with van der Waals surface area (Å²) < 4.78 is 6.39. The maximum Gasteiger partial charge on any atom is 0.254 e. The maximum absolute atomic E-state index is 12.3. The van der Waals surface area contributed by atoms with Gasteiger partial charge in [-0.15, -0.1) is 0 Å². The number of aromatic nitrogens is 2. The summed E-state index contributed by atoms with van der Waals surface area (Å²) in [5.74, 6) is -0.347. The van der Waals surface area contributed by atoms with Crippen LogP contribution in [0.5, 0.6) is 0 Å². The van der Waals surface area contributed by atoms with Crippen molar-refractivity contribution in [3.63, 3.8) is 0 Å². The molecule has 3 N–H and O–H groups in total. The smallest absolute Gasteiger partial charge is 0.254 e. The van der Waals surface area contributed by atoms with Gasteiger partial charge in [-0.1, -0.05) is 20.8 Å². The summed E-state index contributed by atoms with van der Waals surface area (Å²) in [5, 5.41) is 8.15. The van der Waals surface area contributed by atoms with Gasteiger partial charge >= 0.3 is 0 Å². The van der Waals surface area contributed by atoms with Gasteiger partial charge in [0.05, 0.1) is 12.6 Å². The number of carbonyl (C=O) groups excluding carboxylic acids is 3. The Morgan fingerprint density at radius 1 is 1.03 bits per heavy atom. The number of rotatable bonds is 8.